The molecule has 0 unspecified atom stereocenters. The van der Waals surface area contributed by atoms with Gasteiger partial charge in [0.25, 0.3) is 5.69 Å². The summed E-state index contributed by atoms with van der Waals surface area (Å²) in [7, 11) is 3.50. The largest absolute Gasteiger partial charge is 0.496 e. The van der Waals surface area contributed by atoms with E-state index in [0.29, 0.717) is 12.3 Å². The molecule has 0 amide bonds. The van der Waals surface area contributed by atoms with Gasteiger partial charge >= 0.3 is 0 Å². The molecule has 0 aliphatic rings. The molecule has 20 heavy (non-hydrogen) atoms. The first-order valence-corrected chi connectivity index (χ1v) is 6.19. The summed E-state index contributed by atoms with van der Waals surface area (Å²) in [5.74, 6) is 0.651. The molecular formula is C15H16N2O3. The van der Waals surface area contributed by atoms with Gasteiger partial charge in [0, 0.05) is 37.0 Å². The van der Waals surface area contributed by atoms with Crippen molar-refractivity contribution in [3.63, 3.8) is 0 Å². The minimum atomic E-state index is -0.397. The average Bonchev–Trinajstić information content (AvgIpc) is 2.48. The molecule has 0 radical (unpaired) electrons. The second-order valence-electron chi connectivity index (χ2n) is 4.44. The number of non-ortho nitro benzene ring substituents is 1. The number of methoxy groups -OCH3 is 1. The van der Waals surface area contributed by atoms with E-state index >= 15 is 0 Å². The van der Waals surface area contributed by atoms with Crippen LogP contribution in [-0.2, 0) is 6.54 Å². The van der Waals surface area contributed by atoms with E-state index in [0.717, 1.165) is 11.3 Å². The van der Waals surface area contributed by atoms with Crippen LogP contribution in [0.3, 0.4) is 0 Å². The number of para-hydroxylation sites is 1. The van der Waals surface area contributed by atoms with Crippen molar-refractivity contribution in [3.8, 4) is 5.75 Å². The zero-order valence-corrected chi connectivity index (χ0v) is 11.4. The van der Waals surface area contributed by atoms with Crippen LogP contribution >= 0.6 is 0 Å². The predicted molar refractivity (Wildman–Crippen MR) is 78.2 cm³/mol. The van der Waals surface area contributed by atoms with Crippen LogP contribution in [0.2, 0.25) is 0 Å². The van der Waals surface area contributed by atoms with E-state index in [-0.39, 0.29) is 5.69 Å². The Labute approximate surface area is 117 Å². The highest BCUT2D eigenvalue weighted by Gasteiger charge is 2.13. The van der Waals surface area contributed by atoms with Crippen LogP contribution in [-0.4, -0.2) is 19.1 Å². The number of nitro groups is 1. The molecule has 2 aromatic carbocycles. The molecule has 5 heteroatoms. The SMILES string of the molecule is COc1ccc([N+](=O)[O-])cc1CN(C)c1ccccc1. The van der Waals surface area contributed by atoms with Crippen molar-refractivity contribution < 1.29 is 9.66 Å². The number of ether oxygens (including phenoxy) is 1. The van der Waals surface area contributed by atoms with Crippen molar-refractivity contribution in [3.05, 3.63) is 64.2 Å². The van der Waals surface area contributed by atoms with Crippen LogP contribution in [0.1, 0.15) is 5.56 Å². The molecule has 2 aromatic rings. The monoisotopic (exact) mass is 272 g/mol. The Morgan fingerprint density at radius 2 is 1.90 bits per heavy atom. The molecule has 0 bridgehead atoms. The van der Waals surface area contributed by atoms with Crippen molar-refractivity contribution in [2.75, 3.05) is 19.1 Å². The average molecular weight is 272 g/mol. The lowest BCUT2D eigenvalue weighted by Gasteiger charge is -2.20. The van der Waals surface area contributed by atoms with E-state index in [1.54, 1.807) is 19.2 Å². The summed E-state index contributed by atoms with van der Waals surface area (Å²) < 4.78 is 5.27. The Bertz CT molecular complexity index is 599. The summed E-state index contributed by atoms with van der Waals surface area (Å²) in [4.78, 5) is 12.5. The van der Waals surface area contributed by atoms with Gasteiger partial charge in [-0.3, -0.25) is 10.1 Å². The third-order valence-corrected chi connectivity index (χ3v) is 3.08. The molecule has 0 aliphatic heterocycles. The van der Waals surface area contributed by atoms with Crippen LogP contribution in [0.15, 0.2) is 48.5 Å². The molecular weight excluding hydrogens is 256 g/mol. The molecule has 5 nitrogen and oxygen atoms in total. The first-order chi connectivity index (χ1) is 9.61. The number of nitro benzene ring substituents is 1. The van der Waals surface area contributed by atoms with Crippen molar-refractivity contribution >= 4 is 11.4 Å². The fourth-order valence-corrected chi connectivity index (χ4v) is 2.03. The lowest BCUT2D eigenvalue weighted by atomic mass is 10.1. The van der Waals surface area contributed by atoms with Gasteiger partial charge in [0.05, 0.1) is 12.0 Å². The molecule has 0 spiro atoms. The van der Waals surface area contributed by atoms with Crippen LogP contribution in [0.25, 0.3) is 0 Å². The highest BCUT2D eigenvalue weighted by Crippen LogP contribution is 2.26. The van der Waals surface area contributed by atoms with Crippen molar-refractivity contribution in [1.29, 1.82) is 0 Å². The molecule has 0 aliphatic carbocycles. The summed E-state index contributed by atoms with van der Waals surface area (Å²) >= 11 is 0. The van der Waals surface area contributed by atoms with Gasteiger partial charge in [-0.15, -0.1) is 0 Å². The van der Waals surface area contributed by atoms with E-state index in [9.17, 15) is 10.1 Å². The number of nitrogens with zero attached hydrogens (tertiary/aromatic N) is 2. The maximum atomic E-state index is 10.9. The predicted octanol–water partition coefficient (Wildman–Crippen LogP) is 3.24. The van der Waals surface area contributed by atoms with Crippen molar-refractivity contribution in [2.24, 2.45) is 0 Å². The van der Waals surface area contributed by atoms with E-state index in [1.807, 2.05) is 42.3 Å². The van der Waals surface area contributed by atoms with Gasteiger partial charge in [-0.2, -0.15) is 0 Å². The van der Waals surface area contributed by atoms with Gasteiger partial charge in [0.1, 0.15) is 5.75 Å². The third kappa shape index (κ3) is 3.06. The summed E-state index contributed by atoms with van der Waals surface area (Å²) in [5.41, 5.74) is 1.90. The maximum absolute atomic E-state index is 10.9. The number of hydrogen-bond donors (Lipinski definition) is 0. The second-order valence-corrected chi connectivity index (χ2v) is 4.44. The molecule has 104 valence electrons. The summed E-state index contributed by atoms with van der Waals surface area (Å²) in [6, 6.07) is 14.5. The third-order valence-electron chi connectivity index (χ3n) is 3.08. The molecule has 0 atom stereocenters. The minimum absolute atomic E-state index is 0.0715. The van der Waals surface area contributed by atoms with E-state index < -0.39 is 4.92 Å². The topological polar surface area (TPSA) is 55.6 Å². The normalized spacial score (nSPS) is 10.1. The fraction of sp³-hybridized carbons (Fsp3) is 0.200. The summed E-state index contributed by atoms with van der Waals surface area (Å²) in [5, 5.41) is 10.9. The number of rotatable bonds is 5. The Kier molecular flexibility index (Phi) is 4.20. The summed E-state index contributed by atoms with van der Waals surface area (Å²) in [6.07, 6.45) is 0. The smallest absolute Gasteiger partial charge is 0.270 e. The van der Waals surface area contributed by atoms with Gasteiger partial charge in [0.15, 0.2) is 0 Å². The molecule has 2 rings (SSSR count). The highest BCUT2D eigenvalue weighted by molar-refractivity contribution is 5.49. The van der Waals surface area contributed by atoms with Crippen molar-refractivity contribution in [1.82, 2.24) is 0 Å². The second kappa shape index (κ2) is 6.06. The fourth-order valence-electron chi connectivity index (χ4n) is 2.03. The van der Waals surface area contributed by atoms with Gasteiger partial charge in [-0.1, -0.05) is 18.2 Å². The van der Waals surface area contributed by atoms with Gasteiger partial charge in [-0.25, -0.2) is 0 Å². The van der Waals surface area contributed by atoms with E-state index in [4.69, 9.17) is 4.74 Å². The van der Waals surface area contributed by atoms with E-state index in [2.05, 4.69) is 0 Å². The minimum Gasteiger partial charge on any atom is -0.496 e. The van der Waals surface area contributed by atoms with Gasteiger partial charge in [-0.05, 0) is 18.2 Å². The molecule has 0 aromatic heterocycles. The Morgan fingerprint density at radius 3 is 2.50 bits per heavy atom. The standard InChI is InChI=1S/C15H16N2O3/c1-16(13-6-4-3-5-7-13)11-12-10-14(17(18)19)8-9-15(12)20-2/h3-10H,11H2,1-2H3. The van der Waals surface area contributed by atoms with Gasteiger partial charge in [0.2, 0.25) is 0 Å². The van der Waals surface area contributed by atoms with Gasteiger partial charge < -0.3 is 9.64 Å². The number of anilines is 1. The number of benzene rings is 2. The lowest BCUT2D eigenvalue weighted by molar-refractivity contribution is -0.384. The summed E-state index contributed by atoms with van der Waals surface area (Å²) in [6.45, 7) is 0.537. The Hall–Kier alpha value is -2.56. The quantitative estimate of drug-likeness (QED) is 0.619. The van der Waals surface area contributed by atoms with E-state index in [1.165, 1.54) is 6.07 Å². The molecule has 0 fully saturated rings. The lowest BCUT2D eigenvalue weighted by Crippen LogP contribution is -2.16. The first kappa shape index (κ1) is 13.9. The molecule has 0 saturated heterocycles. The van der Waals surface area contributed by atoms with Crippen LogP contribution in [0.5, 0.6) is 5.75 Å². The molecule has 0 saturated carbocycles. The maximum Gasteiger partial charge on any atom is 0.270 e. The number of hydrogen-bond acceptors (Lipinski definition) is 4. The first-order valence-electron chi connectivity index (χ1n) is 6.19. The Morgan fingerprint density at radius 1 is 1.20 bits per heavy atom. The van der Waals surface area contributed by atoms with Crippen LogP contribution in [0, 0.1) is 10.1 Å². The van der Waals surface area contributed by atoms with Crippen molar-refractivity contribution in [2.45, 2.75) is 6.54 Å². The van der Waals surface area contributed by atoms with Crippen LogP contribution < -0.4 is 9.64 Å². The zero-order chi connectivity index (χ0) is 14.5. The zero-order valence-electron chi connectivity index (χ0n) is 11.4. The Balaban J connectivity index is 2.27. The molecule has 0 N–H and O–H groups in total. The molecule has 0 heterocycles. The highest BCUT2D eigenvalue weighted by atomic mass is 16.6. The van der Waals surface area contributed by atoms with Crippen LogP contribution in [0.4, 0.5) is 11.4 Å².